The molecule has 238 valence electrons. The second-order valence-electron chi connectivity index (χ2n) is 12.8. The van der Waals surface area contributed by atoms with Gasteiger partial charge in [-0.15, -0.1) is 0 Å². The number of aryl methyl sites for hydroxylation is 1. The van der Waals surface area contributed by atoms with E-state index >= 15 is 0 Å². The molecule has 1 nitrogen and oxygen atoms in total. The molecule has 0 radical (unpaired) electrons. The normalized spacial score (nSPS) is 11.0. The summed E-state index contributed by atoms with van der Waals surface area (Å²) in [6, 6.07) is 67.9. The van der Waals surface area contributed by atoms with Crippen LogP contribution in [0.1, 0.15) is 12.5 Å². The monoisotopic (exact) mass is 639 g/mol. The minimum Gasteiger partial charge on any atom is -0.256 e. The van der Waals surface area contributed by atoms with Crippen molar-refractivity contribution >= 4 is 0 Å². The summed E-state index contributed by atoms with van der Waals surface area (Å²) >= 11 is 0. The molecule has 0 spiro atoms. The maximum atomic E-state index is 4.53. The van der Waals surface area contributed by atoms with E-state index in [9.17, 15) is 0 Å². The van der Waals surface area contributed by atoms with Crippen molar-refractivity contribution in [3.63, 3.8) is 0 Å². The molecule has 0 N–H and O–H groups in total. The fourth-order valence-corrected chi connectivity index (χ4v) is 6.73. The van der Waals surface area contributed by atoms with Crippen molar-refractivity contribution in [3.8, 4) is 78.0 Å². The summed E-state index contributed by atoms with van der Waals surface area (Å²) in [7, 11) is 0. The van der Waals surface area contributed by atoms with Crippen molar-refractivity contribution in [1.29, 1.82) is 0 Å². The van der Waals surface area contributed by atoms with E-state index in [1.807, 2.05) is 18.3 Å². The van der Waals surface area contributed by atoms with E-state index in [4.69, 9.17) is 0 Å². The van der Waals surface area contributed by atoms with Crippen LogP contribution in [0, 0.1) is 0 Å². The molecule has 0 saturated heterocycles. The van der Waals surface area contributed by atoms with Gasteiger partial charge in [-0.3, -0.25) is 4.98 Å². The summed E-state index contributed by atoms with van der Waals surface area (Å²) in [5.74, 6) is 0. The summed E-state index contributed by atoms with van der Waals surface area (Å²) in [5, 5.41) is 0. The molecule has 8 aromatic rings. The maximum Gasteiger partial charge on any atom is 0.0702 e. The van der Waals surface area contributed by atoms with Crippen LogP contribution in [-0.4, -0.2) is 4.98 Å². The van der Waals surface area contributed by atoms with Gasteiger partial charge in [0.1, 0.15) is 0 Å². The van der Waals surface area contributed by atoms with Crippen molar-refractivity contribution in [3.05, 3.63) is 200 Å². The van der Waals surface area contributed by atoms with Gasteiger partial charge in [-0.25, -0.2) is 0 Å². The van der Waals surface area contributed by atoms with Gasteiger partial charge in [-0.1, -0.05) is 153 Å². The average Bonchev–Trinajstić information content (AvgIpc) is 3.21. The Kier molecular flexibility index (Phi) is 8.70. The summed E-state index contributed by atoms with van der Waals surface area (Å²) in [6.07, 6.45) is 2.88. The highest BCUT2D eigenvalue weighted by Crippen LogP contribution is 2.34. The third kappa shape index (κ3) is 6.67. The Balaban J connectivity index is 1.04. The molecule has 0 aliphatic rings. The minimum atomic E-state index is 0.985. The van der Waals surface area contributed by atoms with E-state index in [0.717, 1.165) is 17.7 Å². The van der Waals surface area contributed by atoms with Gasteiger partial charge in [0.2, 0.25) is 0 Å². The molecule has 1 heteroatoms. The topological polar surface area (TPSA) is 12.9 Å². The van der Waals surface area contributed by atoms with E-state index in [-0.39, 0.29) is 0 Å². The quantitative estimate of drug-likeness (QED) is 0.161. The van der Waals surface area contributed by atoms with Gasteiger partial charge in [-0.05, 0) is 121 Å². The van der Waals surface area contributed by atoms with Crippen LogP contribution in [0.5, 0.6) is 0 Å². The van der Waals surface area contributed by atoms with Crippen LogP contribution in [0.4, 0.5) is 0 Å². The molecule has 0 aliphatic heterocycles. The van der Waals surface area contributed by atoms with E-state index in [1.54, 1.807) is 0 Å². The Morgan fingerprint density at radius 2 is 0.640 bits per heavy atom. The highest BCUT2D eigenvalue weighted by molar-refractivity contribution is 5.81. The molecule has 0 unspecified atom stereocenters. The summed E-state index contributed by atoms with van der Waals surface area (Å²) < 4.78 is 0. The number of hydrogen-bond donors (Lipinski definition) is 0. The Labute approximate surface area is 295 Å². The molecule has 0 bridgehead atoms. The van der Waals surface area contributed by atoms with Gasteiger partial charge in [0.15, 0.2) is 0 Å². The van der Waals surface area contributed by atoms with E-state index in [2.05, 4.69) is 188 Å². The van der Waals surface area contributed by atoms with Crippen molar-refractivity contribution in [1.82, 2.24) is 4.98 Å². The smallest absolute Gasteiger partial charge is 0.0702 e. The zero-order valence-corrected chi connectivity index (χ0v) is 28.1. The highest BCUT2D eigenvalue weighted by Gasteiger charge is 2.09. The van der Waals surface area contributed by atoms with Crippen molar-refractivity contribution < 1.29 is 0 Å². The van der Waals surface area contributed by atoms with Crippen LogP contribution < -0.4 is 0 Å². The lowest BCUT2D eigenvalue weighted by atomic mass is 9.93. The molecule has 0 saturated carbocycles. The largest absolute Gasteiger partial charge is 0.256 e. The van der Waals surface area contributed by atoms with Crippen molar-refractivity contribution in [2.45, 2.75) is 13.3 Å². The first kappa shape index (κ1) is 31.0. The summed E-state index contributed by atoms with van der Waals surface area (Å²) in [5.41, 5.74) is 18.0. The van der Waals surface area contributed by atoms with Crippen LogP contribution in [0.2, 0.25) is 0 Å². The van der Waals surface area contributed by atoms with Crippen LogP contribution in [-0.2, 0) is 6.42 Å². The standard InChI is InChI=1S/C49H37N/c1-2-35-11-5-12-38(29-35)41-15-7-17-43(31-41)45-19-9-21-47(33-45)46-20-8-18-44(32-46)42-16-6-13-39(30-42)36-24-26-37(27-25-36)40-14-10-22-48(34-40)49-23-3-4-28-50-49/h3-34H,2H2,1H3. The van der Waals surface area contributed by atoms with Crippen LogP contribution in [0.3, 0.4) is 0 Å². The van der Waals surface area contributed by atoms with Gasteiger partial charge in [0.25, 0.3) is 0 Å². The number of pyridine rings is 1. The molecule has 0 amide bonds. The molecular weight excluding hydrogens is 603 g/mol. The zero-order chi connectivity index (χ0) is 33.7. The Bertz CT molecular complexity index is 2400. The molecule has 1 heterocycles. The van der Waals surface area contributed by atoms with Gasteiger partial charge in [0.05, 0.1) is 5.69 Å². The fourth-order valence-electron chi connectivity index (χ4n) is 6.73. The van der Waals surface area contributed by atoms with Gasteiger partial charge in [0, 0.05) is 11.8 Å². The zero-order valence-electron chi connectivity index (χ0n) is 28.1. The summed E-state index contributed by atoms with van der Waals surface area (Å²) in [4.78, 5) is 4.53. The van der Waals surface area contributed by atoms with Crippen LogP contribution >= 0.6 is 0 Å². The lowest BCUT2D eigenvalue weighted by Gasteiger charge is -2.11. The Morgan fingerprint density at radius 3 is 1.02 bits per heavy atom. The second kappa shape index (κ2) is 14.0. The third-order valence-electron chi connectivity index (χ3n) is 9.49. The molecule has 0 atom stereocenters. The molecule has 7 aromatic carbocycles. The lowest BCUT2D eigenvalue weighted by molar-refractivity contribution is 1.14. The van der Waals surface area contributed by atoms with Crippen LogP contribution in [0.25, 0.3) is 78.0 Å². The Hall–Kier alpha value is -6.31. The van der Waals surface area contributed by atoms with E-state index in [1.165, 1.54) is 72.3 Å². The number of rotatable bonds is 8. The molecule has 8 rings (SSSR count). The molecule has 1 aromatic heterocycles. The van der Waals surface area contributed by atoms with Crippen molar-refractivity contribution in [2.75, 3.05) is 0 Å². The fraction of sp³-hybridized carbons (Fsp3) is 0.0408. The first-order chi connectivity index (χ1) is 24.7. The predicted octanol–water partition coefficient (Wildman–Crippen LogP) is 13.3. The van der Waals surface area contributed by atoms with E-state index < -0.39 is 0 Å². The molecule has 50 heavy (non-hydrogen) atoms. The van der Waals surface area contributed by atoms with Gasteiger partial charge >= 0.3 is 0 Å². The van der Waals surface area contributed by atoms with Gasteiger partial charge < -0.3 is 0 Å². The average molecular weight is 640 g/mol. The van der Waals surface area contributed by atoms with E-state index in [0.29, 0.717) is 0 Å². The number of benzene rings is 7. The number of aromatic nitrogens is 1. The maximum absolute atomic E-state index is 4.53. The second-order valence-corrected chi connectivity index (χ2v) is 12.8. The summed E-state index contributed by atoms with van der Waals surface area (Å²) in [6.45, 7) is 2.21. The first-order valence-electron chi connectivity index (χ1n) is 17.3. The predicted molar refractivity (Wildman–Crippen MR) is 212 cm³/mol. The third-order valence-corrected chi connectivity index (χ3v) is 9.49. The van der Waals surface area contributed by atoms with Gasteiger partial charge in [-0.2, -0.15) is 0 Å². The SMILES string of the molecule is CCc1cccc(-c2cccc(-c3cccc(-c4cccc(-c5cccc(-c6ccc(-c7cccc(-c8ccccn8)c7)cc6)c5)c4)c3)c2)c1. The van der Waals surface area contributed by atoms with Crippen molar-refractivity contribution in [2.24, 2.45) is 0 Å². The lowest BCUT2D eigenvalue weighted by Crippen LogP contribution is -1.86. The van der Waals surface area contributed by atoms with Crippen LogP contribution in [0.15, 0.2) is 194 Å². The number of nitrogens with zero attached hydrogens (tertiary/aromatic N) is 1. The molecular formula is C49H37N. The first-order valence-corrected chi connectivity index (χ1v) is 17.3. The number of hydrogen-bond acceptors (Lipinski definition) is 1. The molecule has 0 aliphatic carbocycles. The minimum absolute atomic E-state index is 0.985. The Morgan fingerprint density at radius 1 is 0.300 bits per heavy atom. The highest BCUT2D eigenvalue weighted by atomic mass is 14.7. The molecule has 0 fully saturated rings.